The minimum absolute atomic E-state index is 0.252. The highest BCUT2D eigenvalue weighted by atomic mass is 32.1. The number of nitrogens with zero attached hydrogens (tertiary/aromatic N) is 4. The van der Waals surface area contributed by atoms with Crippen LogP contribution in [0.5, 0.6) is 5.75 Å². The molecule has 0 unspecified atom stereocenters. The maximum atomic E-state index is 12.9. The van der Waals surface area contributed by atoms with E-state index in [-0.39, 0.29) is 17.7 Å². The Balaban J connectivity index is 1.48. The van der Waals surface area contributed by atoms with Crippen LogP contribution < -0.4 is 16.1 Å². The molecule has 4 rings (SSSR count). The summed E-state index contributed by atoms with van der Waals surface area (Å²) in [6, 6.07) is 3.48. The molecule has 2 heterocycles. The third kappa shape index (κ3) is 4.17. The first-order valence-electron chi connectivity index (χ1n) is 9.60. The summed E-state index contributed by atoms with van der Waals surface area (Å²) in [6.45, 7) is 1.93. The lowest BCUT2D eigenvalue weighted by Crippen LogP contribution is -2.30. The fraction of sp³-hybridized carbons (Fsp3) is 0.300. The van der Waals surface area contributed by atoms with E-state index in [0.717, 1.165) is 37.0 Å². The molecule has 160 valence electrons. The summed E-state index contributed by atoms with van der Waals surface area (Å²) in [5.41, 5.74) is 2.78. The van der Waals surface area contributed by atoms with Gasteiger partial charge < -0.3 is 5.11 Å². The Morgan fingerprint density at radius 3 is 3.06 bits per heavy atom. The molecule has 0 saturated heterocycles. The van der Waals surface area contributed by atoms with Gasteiger partial charge >= 0.3 is 0 Å². The Kier molecular flexibility index (Phi) is 5.51. The Morgan fingerprint density at radius 2 is 2.29 bits per heavy atom. The Labute approximate surface area is 180 Å². The second-order valence-electron chi connectivity index (χ2n) is 7.49. The van der Waals surface area contributed by atoms with Gasteiger partial charge in [-0.1, -0.05) is 19.1 Å². The molecular weight excluding hydrogens is 422 g/mol. The number of hydrazone groups is 1. The number of amides is 1. The van der Waals surface area contributed by atoms with Gasteiger partial charge in [0, 0.05) is 16.5 Å². The van der Waals surface area contributed by atoms with Gasteiger partial charge in [0.05, 0.1) is 22.9 Å². The van der Waals surface area contributed by atoms with E-state index in [4.69, 9.17) is 0 Å². The number of hydrogen-bond donors (Lipinski definition) is 1. The lowest BCUT2D eigenvalue weighted by molar-refractivity contribution is -0.398. The normalized spacial score (nSPS) is 15.8. The van der Waals surface area contributed by atoms with Gasteiger partial charge in [0.15, 0.2) is 0 Å². The van der Waals surface area contributed by atoms with Gasteiger partial charge in [-0.15, -0.1) is 11.3 Å². The summed E-state index contributed by atoms with van der Waals surface area (Å²) >= 11 is 1.54. The molecule has 2 aromatic heterocycles. The quantitative estimate of drug-likeness (QED) is 0.363. The van der Waals surface area contributed by atoms with E-state index in [2.05, 4.69) is 22.4 Å². The third-order valence-corrected chi connectivity index (χ3v) is 6.34. The molecule has 31 heavy (non-hydrogen) atoms. The number of aryl methyl sites for hydroxylation is 1. The Bertz CT molecular complexity index is 1280. The van der Waals surface area contributed by atoms with Crippen molar-refractivity contribution >= 4 is 39.4 Å². The molecule has 0 saturated carbocycles. The SMILES string of the molecule is C[C@H]1CCc2c(sc3ncn(CC(=O)NN=Cc4ccc([O-])c([N+](=O)[O-])c4)c(=O)c23)C1. The fourth-order valence-electron chi connectivity index (χ4n) is 3.60. The molecular formula is C20H18N5O5S-. The van der Waals surface area contributed by atoms with Crippen LogP contribution in [0.15, 0.2) is 34.4 Å². The largest absolute Gasteiger partial charge is 0.868 e. The van der Waals surface area contributed by atoms with Crippen molar-refractivity contribution in [2.24, 2.45) is 11.0 Å². The van der Waals surface area contributed by atoms with Crippen LogP contribution in [0.25, 0.3) is 10.2 Å². The lowest BCUT2D eigenvalue weighted by atomic mass is 9.89. The zero-order valence-electron chi connectivity index (χ0n) is 16.5. The second-order valence-corrected chi connectivity index (χ2v) is 8.57. The van der Waals surface area contributed by atoms with E-state index in [1.807, 2.05) is 0 Å². The second kappa shape index (κ2) is 8.26. The molecule has 0 radical (unpaired) electrons. The zero-order chi connectivity index (χ0) is 22.1. The number of fused-ring (bicyclic) bond motifs is 3. The van der Waals surface area contributed by atoms with Gasteiger partial charge in [-0.2, -0.15) is 5.10 Å². The maximum absolute atomic E-state index is 12.9. The topological polar surface area (TPSA) is 143 Å². The predicted molar refractivity (Wildman–Crippen MR) is 113 cm³/mol. The van der Waals surface area contributed by atoms with Crippen LogP contribution in [0.4, 0.5) is 5.69 Å². The van der Waals surface area contributed by atoms with Crippen molar-refractivity contribution in [2.45, 2.75) is 32.7 Å². The minimum atomic E-state index is -0.780. The number of nitro benzene ring substituents is 1. The van der Waals surface area contributed by atoms with Crippen molar-refractivity contribution in [1.29, 1.82) is 0 Å². The number of nitrogens with one attached hydrogen (secondary N) is 1. The van der Waals surface area contributed by atoms with Crippen LogP contribution in [0.1, 0.15) is 29.3 Å². The maximum Gasteiger partial charge on any atom is 0.262 e. The smallest absolute Gasteiger partial charge is 0.262 e. The number of nitro groups is 1. The van der Waals surface area contributed by atoms with E-state index < -0.39 is 22.3 Å². The van der Waals surface area contributed by atoms with E-state index in [1.165, 1.54) is 28.1 Å². The summed E-state index contributed by atoms with van der Waals surface area (Å²) in [6.07, 6.45) is 5.34. The number of thiophene rings is 1. The van der Waals surface area contributed by atoms with E-state index in [0.29, 0.717) is 16.1 Å². The van der Waals surface area contributed by atoms with Crippen molar-refractivity contribution in [3.05, 3.63) is 61.0 Å². The van der Waals surface area contributed by atoms with Gasteiger partial charge in [-0.3, -0.25) is 24.3 Å². The molecule has 1 aromatic carbocycles. The van der Waals surface area contributed by atoms with Gasteiger partial charge in [-0.05, 0) is 36.5 Å². The zero-order valence-corrected chi connectivity index (χ0v) is 17.3. The standard InChI is InChI=1S/C20H19N5O5S/c1-11-2-4-13-16(6-11)31-19-18(13)20(28)24(10-21-19)9-17(27)23-22-8-12-3-5-15(26)14(7-12)25(29)30/h3,5,7-8,10-11,26H,2,4,6,9H2,1H3,(H,23,27)/p-1/t11-/m0/s1. The van der Waals surface area contributed by atoms with Gasteiger partial charge in [-0.25, -0.2) is 10.4 Å². The van der Waals surface area contributed by atoms with Crippen LogP contribution >= 0.6 is 11.3 Å². The number of hydrogen-bond acceptors (Lipinski definition) is 8. The molecule has 10 nitrogen and oxygen atoms in total. The summed E-state index contributed by atoms with van der Waals surface area (Å²) in [5.74, 6) is -0.677. The molecule has 1 amide bonds. The third-order valence-electron chi connectivity index (χ3n) is 5.18. The molecule has 11 heteroatoms. The van der Waals surface area contributed by atoms with Gasteiger partial charge in [0.25, 0.3) is 17.2 Å². The number of carbonyl (C=O) groups excluding carboxylic acids is 1. The summed E-state index contributed by atoms with van der Waals surface area (Å²) in [5, 5.41) is 26.6. The Morgan fingerprint density at radius 1 is 1.48 bits per heavy atom. The molecule has 1 aliphatic rings. The van der Waals surface area contributed by atoms with Crippen molar-refractivity contribution in [3.63, 3.8) is 0 Å². The number of benzene rings is 1. The molecule has 0 fully saturated rings. The van der Waals surface area contributed by atoms with Crippen LogP contribution in [-0.4, -0.2) is 26.6 Å². The highest BCUT2D eigenvalue weighted by Gasteiger charge is 2.23. The number of rotatable bonds is 5. The van der Waals surface area contributed by atoms with Gasteiger partial charge in [0.2, 0.25) is 0 Å². The molecule has 1 N–H and O–H groups in total. The first-order valence-corrected chi connectivity index (χ1v) is 10.4. The molecule has 0 bridgehead atoms. The lowest BCUT2D eigenvalue weighted by Gasteiger charge is -2.17. The number of carbonyl (C=O) groups is 1. The molecule has 1 aliphatic carbocycles. The van der Waals surface area contributed by atoms with Crippen LogP contribution in [0.3, 0.4) is 0 Å². The Hall–Kier alpha value is -3.60. The average molecular weight is 440 g/mol. The first-order chi connectivity index (χ1) is 14.8. The highest BCUT2D eigenvalue weighted by molar-refractivity contribution is 7.18. The fourth-order valence-corrected chi connectivity index (χ4v) is 4.95. The van der Waals surface area contributed by atoms with Crippen molar-refractivity contribution in [2.75, 3.05) is 0 Å². The molecule has 0 spiro atoms. The monoisotopic (exact) mass is 440 g/mol. The highest BCUT2D eigenvalue weighted by Crippen LogP contribution is 2.35. The van der Waals surface area contributed by atoms with Crippen LogP contribution in [-0.2, 0) is 24.2 Å². The van der Waals surface area contributed by atoms with Crippen molar-refractivity contribution in [1.82, 2.24) is 15.0 Å². The first kappa shape index (κ1) is 20.7. The van der Waals surface area contributed by atoms with E-state index in [1.54, 1.807) is 11.3 Å². The molecule has 3 aromatic rings. The predicted octanol–water partition coefficient (Wildman–Crippen LogP) is 1.71. The van der Waals surface area contributed by atoms with E-state index in [9.17, 15) is 24.8 Å². The molecule has 0 aliphatic heterocycles. The summed E-state index contributed by atoms with van der Waals surface area (Å²) < 4.78 is 1.25. The number of aromatic nitrogens is 2. The van der Waals surface area contributed by atoms with Crippen LogP contribution in [0.2, 0.25) is 0 Å². The average Bonchev–Trinajstić information content (AvgIpc) is 3.09. The minimum Gasteiger partial charge on any atom is -0.868 e. The summed E-state index contributed by atoms with van der Waals surface area (Å²) in [7, 11) is 0. The summed E-state index contributed by atoms with van der Waals surface area (Å²) in [4.78, 5) is 41.4. The van der Waals surface area contributed by atoms with E-state index >= 15 is 0 Å². The van der Waals surface area contributed by atoms with Crippen LogP contribution in [0, 0.1) is 16.0 Å². The molecule has 1 atom stereocenters. The van der Waals surface area contributed by atoms with Crippen molar-refractivity contribution in [3.8, 4) is 5.75 Å². The van der Waals surface area contributed by atoms with Crippen molar-refractivity contribution < 1.29 is 14.8 Å². The van der Waals surface area contributed by atoms with Gasteiger partial charge in [0.1, 0.15) is 11.4 Å².